The van der Waals surface area contributed by atoms with Crippen LogP contribution in [0.15, 0.2) is 42.6 Å². The lowest BCUT2D eigenvalue weighted by Gasteiger charge is -2.06. The van der Waals surface area contributed by atoms with Gasteiger partial charge in [-0.3, -0.25) is 4.79 Å². The molecule has 1 aromatic heterocycles. The summed E-state index contributed by atoms with van der Waals surface area (Å²) >= 11 is 0. The number of nitrogens with one attached hydrogen (secondary N) is 2. The van der Waals surface area contributed by atoms with E-state index in [1.165, 1.54) is 6.20 Å². The molecule has 0 atom stereocenters. The number of ether oxygens (including phenoxy) is 1. The molecule has 2 N–H and O–H groups in total. The van der Waals surface area contributed by atoms with E-state index in [2.05, 4.69) is 20.7 Å². The van der Waals surface area contributed by atoms with Gasteiger partial charge in [-0.15, -0.1) is 0 Å². The lowest BCUT2D eigenvalue weighted by Crippen LogP contribution is -2.23. The first-order valence-corrected chi connectivity index (χ1v) is 6.47. The summed E-state index contributed by atoms with van der Waals surface area (Å²) in [6.45, 7) is 0.438. The highest BCUT2D eigenvalue weighted by Gasteiger charge is 2.08. The molecule has 0 aliphatic heterocycles. The standard InChI is InChI=1S/C15H14N4O2/c1-21-13-5-4-11-6-10(2-3-12(11)7-13)8-16-15(20)14-9-17-19-18-14/h2-7,9H,8H2,1H3,(H,16,20)(H,17,18,19). The smallest absolute Gasteiger partial charge is 0.273 e. The second kappa shape index (κ2) is 5.62. The van der Waals surface area contributed by atoms with Crippen molar-refractivity contribution in [3.63, 3.8) is 0 Å². The maximum Gasteiger partial charge on any atom is 0.273 e. The Morgan fingerprint density at radius 3 is 2.81 bits per heavy atom. The third-order valence-corrected chi connectivity index (χ3v) is 3.21. The number of hydrogen-bond donors (Lipinski definition) is 2. The van der Waals surface area contributed by atoms with Crippen LogP contribution in [-0.2, 0) is 6.54 Å². The molecule has 0 unspecified atom stereocenters. The Morgan fingerprint density at radius 2 is 2.05 bits per heavy atom. The van der Waals surface area contributed by atoms with Crippen molar-refractivity contribution >= 4 is 16.7 Å². The van der Waals surface area contributed by atoms with Gasteiger partial charge in [-0.05, 0) is 34.5 Å². The second-order valence-electron chi connectivity index (χ2n) is 4.59. The number of hydrogen-bond acceptors (Lipinski definition) is 4. The first-order chi connectivity index (χ1) is 10.3. The highest BCUT2D eigenvalue weighted by molar-refractivity contribution is 5.91. The average molecular weight is 282 g/mol. The topological polar surface area (TPSA) is 79.9 Å². The zero-order valence-electron chi connectivity index (χ0n) is 11.5. The van der Waals surface area contributed by atoms with E-state index in [0.29, 0.717) is 6.54 Å². The number of H-pyrrole nitrogens is 1. The summed E-state index contributed by atoms with van der Waals surface area (Å²) < 4.78 is 5.20. The summed E-state index contributed by atoms with van der Waals surface area (Å²) in [6, 6.07) is 11.9. The average Bonchev–Trinajstić information content (AvgIpc) is 3.06. The van der Waals surface area contributed by atoms with Crippen LogP contribution < -0.4 is 10.1 Å². The Labute approximate surface area is 121 Å². The maximum absolute atomic E-state index is 11.8. The zero-order chi connectivity index (χ0) is 14.7. The number of aromatic amines is 1. The molecule has 0 fully saturated rings. The van der Waals surface area contributed by atoms with Crippen molar-refractivity contribution in [2.45, 2.75) is 6.54 Å². The summed E-state index contributed by atoms with van der Waals surface area (Å²) in [5, 5.41) is 14.8. The van der Waals surface area contributed by atoms with Crippen molar-refractivity contribution in [3.8, 4) is 5.75 Å². The van der Waals surface area contributed by atoms with Gasteiger partial charge in [-0.1, -0.05) is 18.2 Å². The number of aromatic nitrogens is 3. The number of carbonyl (C=O) groups is 1. The molecule has 6 heteroatoms. The predicted molar refractivity (Wildman–Crippen MR) is 78.1 cm³/mol. The molecule has 1 amide bonds. The van der Waals surface area contributed by atoms with E-state index in [9.17, 15) is 4.79 Å². The lowest BCUT2D eigenvalue weighted by atomic mass is 10.1. The van der Waals surface area contributed by atoms with Crippen LogP contribution in [0, 0.1) is 0 Å². The molecule has 106 valence electrons. The van der Waals surface area contributed by atoms with Gasteiger partial charge in [-0.25, -0.2) is 0 Å². The van der Waals surface area contributed by atoms with Crippen LogP contribution in [0.1, 0.15) is 16.1 Å². The summed E-state index contributed by atoms with van der Waals surface area (Å²) in [7, 11) is 1.65. The highest BCUT2D eigenvalue weighted by atomic mass is 16.5. The zero-order valence-corrected chi connectivity index (χ0v) is 11.5. The number of fused-ring (bicyclic) bond motifs is 1. The van der Waals surface area contributed by atoms with Crippen molar-refractivity contribution in [1.82, 2.24) is 20.7 Å². The summed E-state index contributed by atoms with van der Waals surface area (Å²) in [6.07, 6.45) is 1.39. The Hall–Kier alpha value is -2.89. The number of methoxy groups -OCH3 is 1. The molecule has 0 saturated heterocycles. The van der Waals surface area contributed by atoms with Crippen LogP contribution in [0.4, 0.5) is 0 Å². The van der Waals surface area contributed by atoms with Crippen molar-refractivity contribution in [1.29, 1.82) is 0 Å². The van der Waals surface area contributed by atoms with Gasteiger partial charge in [0.1, 0.15) is 5.75 Å². The molecular weight excluding hydrogens is 268 g/mol. The van der Waals surface area contributed by atoms with E-state index in [1.54, 1.807) is 7.11 Å². The van der Waals surface area contributed by atoms with E-state index in [0.717, 1.165) is 22.1 Å². The number of nitrogens with zero attached hydrogens (tertiary/aromatic N) is 2. The fraction of sp³-hybridized carbons (Fsp3) is 0.133. The Bertz CT molecular complexity index is 768. The van der Waals surface area contributed by atoms with Gasteiger partial charge in [0.2, 0.25) is 0 Å². The van der Waals surface area contributed by atoms with E-state index >= 15 is 0 Å². The van der Waals surface area contributed by atoms with E-state index in [4.69, 9.17) is 4.74 Å². The van der Waals surface area contributed by atoms with Crippen molar-refractivity contribution < 1.29 is 9.53 Å². The normalized spacial score (nSPS) is 10.5. The first kappa shape index (κ1) is 13.1. The quantitative estimate of drug-likeness (QED) is 0.766. The highest BCUT2D eigenvalue weighted by Crippen LogP contribution is 2.21. The van der Waals surface area contributed by atoms with Crippen LogP contribution >= 0.6 is 0 Å². The van der Waals surface area contributed by atoms with Gasteiger partial charge in [0.05, 0.1) is 13.3 Å². The van der Waals surface area contributed by atoms with Crippen LogP contribution in [0.3, 0.4) is 0 Å². The minimum atomic E-state index is -0.251. The molecule has 0 aliphatic rings. The SMILES string of the molecule is COc1ccc2cc(CNC(=O)c3cn[nH]n3)ccc2c1. The van der Waals surface area contributed by atoms with E-state index < -0.39 is 0 Å². The maximum atomic E-state index is 11.8. The summed E-state index contributed by atoms with van der Waals surface area (Å²) in [4.78, 5) is 11.8. The Kier molecular flexibility index (Phi) is 3.51. The third-order valence-electron chi connectivity index (χ3n) is 3.21. The predicted octanol–water partition coefficient (Wildman–Crippen LogP) is 1.90. The van der Waals surface area contributed by atoms with Crippen molar-refractivity contribution in [2.24, 2.45) is 0 Å². The van der Waals surface area contributed by atoms with Crippen molar-refractivity contribution in [3.05, 3.63) is 53.9 Å². The number of carbonyl (C=O) groups excluding carboxylic acids is 1. The van der Waals surface area contributed by atoms with Gasteiger partial charge >= 0.3 is 0 Å². The Morgan fingerprint density at radius 1 is 1.24 bits per heavy atom. The van der Waals surface area contributed by atoms with Crippen LogP contribution in [0.5, 0.6) is 5.75 Å². The monoisotopic (exact) mass is 282 g/mol. The molecule has 2 aromatic carbocycles. The fourth-order valence-corrected chi connectivity index (χ4v) is 2.09. The van der Waals surface area contributed by atoms with Crippen molar-refractivity contribution in [2.75, 3.05) is 7.11 Å². The molecule has 0 aliphatic carbocycles. The fourth-order valence-electron chi connectivity index (χ4n) is 2.09. The number of amides is 1. The third kappa shape index (κ3) is 2.84. The molecule has 0 spiro atoms. The van der Waals surface area contributed by atoms with Gasteiger partial charge in [0.25, 0.3) is 5.91 Å². The molecule has 0 radical (unpaired) electrons. The van der Waals surface area contributed by atoms with Crippen LogP contribution in [-0.4, -0.2) is 28.4 Å². The number of benzene rings is 2. The molecule has 0 bridgehead atoms. The van der Waals surface area contributed by atoms with Gasteiger partial charge in [0, 0.05) is 6.54 Å². The van der Waals surface area contributed by atoms with Gasteiger partial charge in [-0.2, -0.15) is 15.4 Å². The van der Waals surface area contributed by atoms with Gasteiger partial charge in [0.15, 0.2) is 5.69 Å². The lowest BCUT2D eigenvalue weighted by molar-refractivity contribution is 0.0946. The Balaban J connectivity index is 1.74. The summed E-state index contributed by atoms with van der Waals surface area (Å²) in [5.74, 6) is 0.577. The van der Waals surface area contributed by atoms with E-state index in [-0.39, 0.29) is 11.6 Å². The van der Waals surface area contributed by atoms with Crippen LogP contribution in [0.25, 0.3) is 10.8 Å². The molecule has 21 heavy (non-hydrogen) atoms. The minimum absolute atomic E-state index is 0.251. The molecule has 3 aromatic rings. The molecular formula is C15H14N4O2. The summed E-state index contributed by atoms with van der Waals surface area (Å²) in [5.41, 5.74) is 1.30. The molecule has 0 saturated carbocycles. The molecule has 1 heterocycles. The van der Waals surface area contributed by atoms with E-state index in [1.807, 2.05) is 36.4 Å². The second-order valence-corrected chi connectivity index (χ2v) is 4.59. The minimum Gasteiger partial charge on any atom is -0.497 e. The molecule has 6 nitrogen and oxygen atoms in total. The molecule has 3 rings (SSSR count). The van der Waals surface area contributed by atoms with Gasteiger partial charge < -0.3 is 10.1 Å². The number of rotatable bonds is 4. The first-order valence-electron chi connectivity index (χ1n) is 6.47. The largest absolute Gasteiger partial charge is 0.497 e. The van der Waals surface area contributed by atoms with Crippen LogP contribution in [0.2, 0.25) is 0 Å².